The predicted molar refractivity (Wildman–Crippen MR) is 120 cm³/mol. The van der Waals surface area contributed by atoms with Crippen molar-refractivity contribution in [2.75, 3.05) is 25.0 Å². The average Bonchev–Trinajstić information content (AvgIpc) is 2.67. The molecule has 1 aromatic carbocycles. The van der Waals surface area contributed by atoms with E-state index in [0.717, 1.165) is 0 Å². The number of sulfonamides is 2. The molecular formula is C20H33N3O6S2. The van der Waals surface area contributed by atoms with Gasteiger partial charge in [-0.25, -0.2) is 21.6 Å². The fraction of sp³-hybridized carbons (Fsp3) is 0.650. The van der Waals surface area contributed by atoms with Gasteiger partial charge in [-0.3, -0.25) is 4.79 Å². The molecule has 1 saturated heterocycles. The molecule has 0 saturated carbocycles. The van der Waals surface area contributed by atoms with E-state index in [2.05, 4.69) is 10.0 Å². The van der Waals surface area contributed by atoms with Gasteiger partial charge in [-0.1, -0.05) is 6.07 Å². The van der Waals surface area contributed by atoms with Crippen molar-refractivity contribution in [3.63, 3.8) is 0 Å². The molecule has 2 N–H and O–H groups in total. The van der Waals surface area contributed by atoms with E-state index in [1.165, 1.54) is 16.4 Å². The zero-order valence-corrected chi connectivity index (χ0v) is 20.1. The maximum Gasteiger partial charge on any atom is 0.243 e. The van der Waals surface area contributed by atoms with Gasteiger partial charge in [0.25, 0.3) is 0 Å². The van der Waals surface area contributed by atoms with Crippen LogP contribution in [0.5, 0.6) is 0 Å². The molecule has 2 atom stereocenters. The Morgan fingerprint density at radius 2 is 1.77 bits per heavy atom. The first kappa shape index (κ1) is 25.7. The third-order valence-corrected chi connectivity index (χ3v) is 8.57. The molecule has 1 aliphatic rings. The zero-order chi connectivity index (χ0) is 23.2. The third kappa shape index (κ3) is 7.53. The minimum atomic E-state index is -3.69. The molecule has 1 aromatic rings. The first-order valence-corrected chi connectivity index (χ1v) is 13.4. The van der Waals surface area contributed by atoms with Crippen LogP contribution in [0.1, 0.15) is 47.0 Å². The van der Waals surface area contributed by atoms with Gasteiger partial charge >= 0.3 is 0 Å². The number of hydrogen-bond acceptors (Lipinski definition) is 6. The molecule has 1 amide bonds. The molecular weight excluding hydrogens is 442 g/mol. The van der Waals surface area contributed by atoms with Crippen molar-refractivity contribution in [2.24, 2.45) is 0 Å². The van der Waals surface area contributed by atoms with Gasteiger partial charge < -0.3 is 10.1 Å². The van der Waals surface area contributed by atoms with Crippen molar-refractivity contribution in [1.82, 2.24) is 9.03 Å². The van der Waals surface area contributed by atoms with Crippen LogP contribution in [0.4, 0.5) is 5.69 Å². The van der Waals surface area contributed by atoms with Crippen LogP contribution in [0.2, 0.25) is 0 Å². The van der Waals surface area contributed by atoms with Crippen molar-refractivity contribution < 1.29 is 26.4 Å². The summed E-state index contributed by atoms with van der Waals surface area (Å²) in [7, 11) is -7.00. The number of amides is 1. The SMILES string of the molecule is CC1CN(S(=O)(=O)c2cccc(NC(=O)CCCCNS(=O)(=O)C(C)C)c2)CC(C)O1. The Balaban J connectivity index is 1.89. The maximum atomic E-state index is 13.0. The fourth-order valence-corrected chi connectivity index (χ4v) is 5.62. The minimum absolute atomic E-state index is 0.120. The number of nitrogens with zero attached hydrogens (tertiary/aromatic N) is 1. The summed E-state index contributed by atoms with van der Waals surface area (Å²) < 4.78 is 58.9. The number of carbonyl (C=O) groups is 1. The Kier molecular flexibility index (Phi) is 9.02. The number of benzene rings is 1. The molecule has 1 fully saturated rings. The maximum absolute atomic E-state index is 13.0. The number of carbonyl (C=O) groups excluding carboxylic acids is 1. The monoisotopic (exact) mass is 475 g/mol. The van der Waals surface area contributed by atoms with Crippen molar-refractivity contribution in [3.05, 3.63) is 24.3 Å². The highest BCUT2D eigenvalue weighted by Gasteiger charge is 2.32. The molecule has 2 unspecified atom stereocenters. The molecule has 11 heteroatoms. The van der Waals surface area contributed by atoms with Crippen LogP contribution in [-0.2, 0) is 29.6 Å². The molecule has 1 aliphatic heterocycles. The largest absolute Gasteiger partial charge is 0.373 e. The lowest BCUT2D eigenvalue weighted by Gasteiger charge is -2.34. The summed E-state index contributed by atoms with van der Waals surface area (Å²) in [5, 5.41) is 2.22. The van der Waals surface area contributed by atoms with E-state index in [1.54, 1.807) is 26.0 Å². The second-order valence-corrected chi connectivity index (χ2v) is 12.4. The van der Waals surface area contributed by atoms with Crippen LogP contribution < -0.4 is 10.0 Å². The Labute approximate surface area is 185 Å². The summed E-state index contributed by atoms with van der Waals surface area (Å²) in [6, 6.07) is 6.19. The second-order valence-electron chi connectivity index (χ2n) is 8.10. The van der Waals surface area contributed by atoms with Gasteiger partial charge in [0.2, 0.25) is 26.0 Å². The van der Waals surface area contributed by atoms with Crippen molar-refractivity contribution in [1.29, 1.82) is 0 Å². The van der Waals surface area contributed by atoms with Crippen LogP contribution >= 0.6 is 0 Å². The van der Waals surface area contributed by atoms with Crippen LogP contribution in [0.25, 0.3) is 0 Å². The first-order valence-electron chi connectivity index (χ1n) is 10.5. The Bertz CT molecular complexity index is 953. The molecule has 176 valence electrons. The Hall–Kier alpha value is -1.53. The highest BCUT2D eigenvalue weighted by molar-refractivity contribution is 7.90. The quantitative estimate of drug-likeness (QED) is 0.499. The minimum Gasteiger partial charge on any atom is -0.373 e. The lowest BCUT2D eigenvalue weighted by molar-refractivity contribution is -0.116. The number of morpholine rings is 1. The van der Waals surface area contributed by atoms with Crippen molar-refractivity contribution >= 4 is 31.6 Å². The normalized spacial score (nSPS) is 20.7. The van der Waals surface area contributed by atoms with Crippen LogP contribution in [-0.4, -0.2) is 64.1 Å². The summed E-state index contributed by atoms with van der Waals surface area (Å²) >= 11 is 0. The molecule has 9 nitrogen and oxygen atoms in total. The number of nitrogens with one attached hydrogen (secondary N) is 2. The lowest BCUT2D eigenvalue weighted by atomic mass is 10.2. The first-order chi connectivity index (χ1) is 14.4. The van der Waals surface area contributed by atoms with Gasteiger partial charge in [0.15, 0.2) is 0 Å². The number of unbranched alkanes of at least 4 members (excludes halogenated alkanes) is 1. The van der Waals surface area contributed by atoms with Crippen LogP contribution in [0.15, 0.2) is 29.2 Å². The molecule has 0 radical (unpaired) electrons. The van der Waals surface area contributed by atoms with Gasteiger partial charge in [-0.05, 0) is 58.7 Å². The summed E-state index contributed by atoms with van der Waals surface area (Å²) in [5.41, 5.74) is 0.404. The number of ether oxygens (including phenoxy) is 1. The molecule has 0 spiro atoms. The highest BCUT2D eigenvalue weighted by Crippen LogP contribution is 2.23. The molecule has 0 aliphatic carbocycles. The number of hydrogen-bond donors (Lipinski definition) is 2. The van der Waals surface area contributed by atoms with Crippen molar-refractivity contribution in [2.45, 2.75) is 69.3 Å². The van der Waals surface area contributed by atoms with E-state index in [0.29, 0.717) is 18.5 Å². The van der Waals surface area contributed by atoms with E-state index in [4.69, 9.17) is 4.74 Å². The third-order valence-electron chi connectivity index (χ3n) is 4.90. The molecule has 0 bridgehead atoms. The summed E-state index contributed by atoms with van der Waals surface area (Å²) in [6.45, 7) is 7.71. The van der Waals surface area contributed by atoms with Gasteiger partial charge in [0, 0.05) is 31.7 Å². The average molecular weight is 476 g/mol. The van der Waals surface area contributed by atoms with E-state index in [9.17, 15) is 21.6 Å². The smallest absolute Gasteiger partial charge is 0.243 e. The highest BCUT2D eigenvalue weighted by atomic mass is 32.2. The molecule has 31 heavy (non-hydrogen) atoms. The standard InChI is InChI=1S/C20H33N3O6S2/c1-15(2)30(25,26)21-11-6-5-10-20(24)22-18-8-7-9-19(12-18)31(27,28)23-13-16(3)29-17(4)14-23/h7-9,12,15-17,21H,5-6,10-11,13-14H2,1-4H3,(H,22,24). The van der Waals surface area contributed by atoms with E-state index >= 15 is 0 Å². The number of anilines is 1. The van der Waals surface area contributed by atoms with Crippen LogP contribution in [0, 0.1) is 0 Å². The summed E-state index contributed by atoms with van der Waals surface area (Å²) in [5.74, 6) is -0.255. The fourth-order valence-electron chi connectivity index (χ4n) is 3.23. The Morgan fingerprint density at radius 1 is 1.13 bits per heavy atom. The number of rotatable bonds is 10. The summed E-state index contributed by atoms with van der Waals surface area (Å²) in [4.78, 5) is 12.3. The lowest BCUT2D eigenvalue weighted by Crippen LogP contribution is -2.48. The van der Waals surface area contributed by atoms with Gasteiger partial charge in [0.1, 0.15) is 0 Å². The molecule has 0 aromatic heterocycles. The second kappa shape index (κ2) is 10.9. The van der Waals surface area contributed by atoms with E-state index < -0.39 is 25.3 Å². The van der Waals surface area contributed by atoms with Gasteiger partial charge in [-0.2, -0.15) is 4.31 Å². The van der Waals surface area contributed by atoms with E-state index in [-0.39, 0.29) is 49.1 Å². The van der Waals surface area contributed by atoms with Crippen LogP contribution in [0.3, 0.4) is 0 Å². The predicted octanol–water partition coefficient (Wildman–Crippen LogP) is 1.92. The van der Waals surface area contributed by atoms with E-state index in [1.807, 2.05) is 13.8 Å². The molecule has 2 rings (SSSR count). The molecule has 1 heterocycles. The topological polar surface area (TPSA) is 122 Å². The zero-order valence-electron chi connectivity index (χ0n) is 18.5. The van der Waals surface area contributed by atoms with Gasteiger partial charge in [-0.15, -0.1) is 0 Å². The Morgan fingerprint density at radius 3 is 2.39 bits per heavy atom. The van der Waals surface area contributed by atoms with Gasteiger partial charge in [0.05, 0.1) is 22.4 Å². The van der Waals surface area contributed by atoms with Crippen molar-refractivity contribution in [3.8, 4) is 0 Å². The summed E-state index contributed by atoms with van der Waals surface area (Å²) in [6.07, 6.45) is 0.867.